The summed E-state index contributed by atoms with van der Waals surface area (Å²) in [6, 6.07) is 6.55. The number of rotatable bonds is 9. The van der Waals surface area contributed by atoms with Crippen LogP contribution < -0.4 is 10.6 Å². The zero-order chi connectivity index (χ0) is 26.5. The van der Waals surface area contributed by atoms with E-state index in [4.69, 9.17) is 4.42 Å². The van der Waals surface area contributed by atoms with E-state index in [2.05, 4.69) is 41.6 Å². The third kappa shape index (κ3) is 7.18. The fourth-order valence-corrected chi connectivity index (χ4v) is 4.80. The van der Waals surface area contributed by atoms with Crippen LogP contribution in [0.15, 0.2) is 33.9 Å². The molecule has 1 saturated carbocycles. The number of Topliss-reactive ketones (excluding diaryl/α,β-unsaturated/α-hetero) is 1. The van der Waals surface area contributed by atoms with Crippen LogP contribution in [0.2, 0.25) is 0 Å². The van der Waals surface area contributed by atoms with E-state index in [0.29, 0.717) is 30.0 Å². The van der Waals surface area contributed by atoms with Crippen molar-refractivity contribution in [2.75, 3.05) is 6.26 Å². The summed E-state index contributed by atoms with van der Waals surface area (Å²) in [5, 5.41) is 14.0. The summed E-state index contributed by atoms with van der Waals surface area (Å²) < 4.78 is 5.42. The molecule has 1 aliphatic carbocycles. The van der Waals surface area contributed by atoms with Crippen LogP contribution in [-0.4, -0.2) is 46.1 Å². The number of carbonyl (C=O) groups excluding carboxylic acids is 3. The molecule has 2 N–H and O–H groups in total. The highest BCUT2D eigenvalue weighted by atomic mass is 32.2. The molecule has 0 spiro atoms. The lowest BCUT2D eigenvalue weighted by Gasteiger charge is -2.32. The van der Waals surface area contributed by atoms with E-state index in [1.165, 1.54) is 11.8 Å². The van der Waals surface area contributed by atoms with Gasteiger partial charge in [-0.05, 0) is 54.5 Å². The average molecular weight is 515 g/mol. The van der Waals surface area contributed by atoms with Crippen molar-refractivity contribution in [3.8, 4) is 0 Å². The molecule has 1 heterocycles. The number of ketones is 1. The Hall–Kier alpha value is -2.68. The van der Waals surface area contributed by atoms with E-state index < -0.39 is 12.0 Å². The molecule has 1 fully saturated rings. The molecule has 2 amide bonds. The summed E-state index contributed by atoms with van der Waals surface area (Å²) in [5.74, 6) is -1.15. The minimum atomic E-state index is -0.768. The molecule has 1 aliphatic rings. The van der Waals surface area contributed by atoms with Crippen molar-refractivity contribution < 1.29 is 18.8 Å². The predicted molar refractivity (Wildman–Crippen MR) is 140 cm³/mol. The largest absolute Gasteiger partial charge is 0.408 e. The maximum absolute atomic E-state index is 13.4. The summed E-state index contributed by atoms with van der Waals surface area (Å²) in [6.45, 7) is 10.4. The second-order valence-corrected chi connectivity index (χ2v) is 11.7. The highest BCUT2D eigenvalue weighted by molar-refractivity contribution is 7.98. The molecule has 0 aliphatic heterocycles. The van der Waals surface area contributed by atoms with E-state index in [9.17, 15) is 14.4 Å². The highest BCUT2D eigenvalue weighted by Gasteiger charge is 2.35. The molecular weight excluding hydrogens is 476 g/mol. The molecule has 9 heteroatoms. The minimum Gasteiger partial charge on any atom is -0.408 e. The number of thioether (sulfide) groups is 1. The van der Waals surface area contributed by atoms with E-state index >= 15 is 0 Å². The van der Waals surface area contributed by atoms with E-state index in [1.54, 1.807) is 6.26 Å². The van der Waals surface area contributed by atoms with Gasteiger partial charge in [-0.1, -0.05) is 71.4 Å². The number of nitrogens with zero attached hydrogens (tertiary/aromatic N) is 2. The van der Waals surface area contributed by atoms with Crippen molar-refractivity contribution in [2.24, 2.45) is 11.8 Å². The van der Waals surface area contributed by atoms with Gasteiger partial charge in [-0.2, -0.15) is 0 Å². The first kappa shape index (κ1) is 27.9. The van der Waals surface area contributed by atoms with Gasteiger partial charge >= 0.3 is 0 Å². The Labute approximate surface area is 217 Å². The van der Waals surface area contributed by atoms with Gasteiger partial charge in [0, 0.05) is 11.6 Å². The number of carbonyl (C=O) groups is 3. The first-order valence-corrected chi connectivity index (χ1v) is 13.9. The van der Waals surface area contributed by atoms with Gasteiger partial charge in [-0.3, -0.25) is 14.4 Å². The number of hydrogen-bond acceptors (Lipinski definition) is 7. The SMILES string of the molecule is CSc1nnc(C(=O)[C@H](CC(C)C)NC(=O)[C@@H]2CCCC[C@@H]2NC(=O)c2ccc(C(C)(C)C)cc2)o1. The van der Waals surface area contributed by atoms with E-state index in [-0.39, 0.29) is 40.9 Å². The highest BCUT2D eigenvalue weighted by Crippen LogP contribution is 2.27. The van der Waals surface area contributed by atoms with Gasteiger partial charge in [-0.25, -0.2) is 0 Å². The number of amides is 2. The molecule has 196 valence electrons. The van der Waals surface area contributed by atoms with Crippen LogP contribution in [0.1, 0.15) is 93.3 Å². The summed E-state index contributed by atoms with van der Waals surface area (Å²) in [6.07, 6.45) is 5.43. The second kappa shape index (κ2) is 12.0. The van der Waals surface area contributed by atoms with E-state index in [1.807, 2.05) is 38.1 Å². The fraction of sp³-hybridized carbons (Fsp3) is 0.593. The van der Waals surface area contributed by atoms with Crippen molar-refractivity contribution in [3.63, 3.8) is 0 Å². The number of hydrogen-bond donors (Lipinski definition) is 2. The summed E-state index contributed by atoms with van der Waals surface area (Å²) in [5.41, 5.74) is 1.73. The monoisotopic (exact) mass is 514 g/mol. The van der Waals surface area contributed by atoms with E-state index in [0.717, 1.165) is 18.4 Å². The molecule has 0 bridgehead atoms. The molecule has 2 aromatic rings. The molecule has 36 heavy (non-hydrogen) atoms. The maximum atomic E-state index is 13.4. The Balaban J connectivity index is 1.71. The number of nitrogens with one attached hydrogen (secondary N) is 2. The van der Waals surface area contributed by atoms with Crippen molar-refractivity contribution in [3.05, 3.63) is 41.3 Å². The van der Waals surface area contributed by atoms with Gasteiger partial charge in [0.15, 0.2) is 0 Å². The lowest BCUT2D eigenvalue weighted by Crippen LogP contribution is -2.52. The topological polar surface area (TPSA) is 114 Å². The van der Waals surface area contributed by atoms with Gasteiger partial charge < -0.3 is 15.1 Å². The first-order chi connectivity index (χ1) is 17.0. The van der Waals surface area contributed by atoms with Crippen LogP contribution in [0.25, 0.3) is 0 Å². The van der Waals surface area contributed by atoms with Crippen LogP contribution in [0, 0.1) is 11.8 Å². The molecular formula is C27H38N4O4S. The van der Waals surface area contributed by atoms with Gasteiger partial charge in [0.05, 0.1) is 12.0 Å². The van der Waals surface area contributed by atoms with Gasteiger partial charge in [0.2, 0.25) is 11.7 Å². The third-order valence-corrected chi connectivity index (χ3v) is 7.08. The Morgan fingerprint density at radius 3 is 2.33 bits per heavy atom. The van der Waals surface area contributed by atoms with Crippen LogP contribution in [0.4, 0.5) is 0 Å². The molecule has 0 radical (unpaired) electrons. The Morgan fingerprint density at radius 1 is 1.08 bits per heavy atom. The molecule has 0 unspecified atom stereocenters. The molecule has 8 nitrogen and oxygen atoms in total. The zero-order valence-electron chi connectivity index (χ0n) is 22.1. The zero-order valence-corrected chi connectivity index (χ0v) is 22.9. The van der Waals surface area contributed by atoms with Crippen LogP contribution >= 0.6 is 11.8 Å². The Kier molecular flexibility index (Phi) is 9.33. The standard InChI is InChI=1S/C27H38N4O4S/c1-16(2)15-21(22(32)25-30-31-26(35-25)36-6)29-24(34)19-9-7-8-10-20(19)28-23(33)17-11-13-18(14-12-17)27(3,4)5/h11-14,16,19-21H,7-10,15H2,1-6H3,(H,28,33)(H,29,34)/t19-,20+,21+/m1/s1. The Morgan fingerprint density at radius 2 is 1.75 bits per heavy atom. The van der Waals surface area contributed by atoms with Crippen LogP contribution in [0.3, 0.4) is 0 Å². The van der Waals surface area contributed by atoms with Gasteiger partial charge in [-0.15, -0.1) is 10.2 Å². The lowest BCUT2D eigenvalue weighted by atomic mass is 9.83. The average Bonchev–Trinajstić information content (AvgIpc) is 3.32. The molecule has 3 atom stereocenters. The Bertz CT molecular complexity index is 1060. The maximum Gasteiger partial charge on any atom is 0.286 e. The smallest absolute Gasteiger partial charge is 0.286 e. The van der Waals surface area contributed by atoms with Crippen molar-refractivity contribution in [2.45, 2.75) is 89.4 Å². The predicted octanol–water partition coefficient (Wildman–Crippen LogP) is 4.79. The second-order valence-electron chi connectivity index (χ2n) is 10.9. The first-order valence-electron chi connectivity index (χ1n) is 12.6. The minimum absolute atomic E-state index is 0.00366. The quantitative estimate of drug-likeness (QED) is 0.365. The lowest BCUT2D eigenvalue weighted by molar-refractivity contribution is -0.127. The van der Waals surface area contributed by atoms with Crippen LogP contribution in [0.5, 0.6) is 0 Å². The van der Waals surface area contributed by atoms with Gasteiger partial charge in [0.1, 0.15) is 0 Å². The molecule has 1 aromatic heterocycles. The van der Waals surface area contributed by atoms with Crippen molar-refractivity contribution in [1.82, 2.24) is 20.8 Å². The third-order valence-electron chi connectivity index (χ3n) is 6.56. The van der Waals surface area contributed by atoms with Crippen LogP contribution in [-0.2, 0) is 10.2 Å². The van der Waals surface area contributed by atoms with Crippen molar-refractivity contribution in [1.29, 1.82) is 0 Å². The molecule has 0 saturated heterocycles. The van der Waals surface area contributed by atoms with Crippen molar-refractivity contribution >= 4 is 29.4 Å². The summed E-state index contributed by atoms with van der Waals surface area (Å²) in [4.78, 5) is 39.5. The van der Waals surface area contributed by atoms with Gasteiger partial charge in [0.25, 0.3) is 17.0 Å². The number of aromatic nitrogens is 2. The number of benzene rings is 1. The fourth-order valence-electron chi connectivity index (χ4n) is 4.51. The summed E-state index contributed by atoms with van der Waals surface area (Å²) >= 11 is 1.26. The summed E-state index contributed by atoms with van der Waals surface area (Å²) in [7, 11) is 0. The normalized spacial score (nSPS) is 19.1. The molecule has 3 rings (SSSR count). The molecule has 1 aromatic carbocycles.